The lowest BCUT2D eigenvalue weighted by atomic mass is 10.1. The van der Waals surface area contributed by atoms with Gasteiger partial charge in [0.25, 0.3) is 5.91 Å². The molecule has 0 bridgehead atoms. The first kappa shape index (κ1) is 16.6. The standard InChI is InChI=1S/C15H15F3N4O/c1-21(2)22-8-4-7-13(22)10-19-20-14(23)11-5-3-6-12(9-11)15(16,17)18/h3-10H,1-2H3,(H,20,23)/b19-10+. The predicted octanol–water partition coefficient (Wildman–Crippen LogP) is 2.47. The summed E-state index contributed by atoms with van der Waals surface area (Å²) in [7, 11) is 3.66. The second kappa shape index (κ2) is 6.55. The number of rotatable bonds is 4. The molecule has 122 valence electrons. The Labute approximate surface area is 131 Å². The van der Waals surface area contributed by atoms with Gasteiger partial charge in [0.1, 0.15) is 0 Å². The van der Waals surface area contributed by atoms with E-state index in [4.69, 9.17) is 0 Å². The zero-order chi connectivity index (χ0) is 17.0. The second-order valence-corrected chi connectivity index (χ2v) is 4.90. The van der Waals surface area contributed by atoms with Crippen molar-refractivity contribution >= 4 is 12.1 Å². The normalized spacial score (nSPS) is 11.7. The second-order valence-electron chi connectivity index (χ2n) is 4.90. The topological polar surface area (TPSA) is 49.6 Å². The summed E-state index contributed by atoms with van der Waals surface area (Å²) < 4.78 is 39.6. The summed E-state index contributed by atoms with van der Waals surface area (Å²) in [4.78, 5) is 11.9. The fraction of sp³-hybridized carbons (Fsp3) is 0.200. The van der Waals surface area contributed by atoms with Gasteiger partial charge in [-0.2, -0.15) is 18.3 Å². The molecule has 8 heteroatoms. The highest BCUT2D eigenvalue weighted by Crippen LogP contribution is 2.29. The van der Waals surface area contributed by atoms with Crippen molar-refractivity contribution in [3.8, 4) is 0 Å². The Kier molecular flexibility index (Phi) is 4.73. The lowest BCUT2D eigenvalue weighted by molar-refractivity contribution is -0.137. The third-order valence-corrected chi connectivity index (χ3v) is 3.00. The summed E-state index contributed by atoms with van der Waals surface area (Å²) >= 11 is 0. The van der Waals surface area contributed by atoms with Gasteiger partial charge in [-0.05, 0) is 30.3 Å². The van der Waals surface area contributed by atoms with E-state index in [9.17, 15) is 18.0 Å². The van der Waals surface area contributed by atoms with Gasteiger partial charge in [0.15, 0.2) is 0 Å². The fourth-order valence-electron chi connectivity index (χ4n) is 1.91. The van der Waals surface area contributed by atoms with E-state index in [1.165, 1.54) is 18.3 Å². The zero-order valence-electron chi connectivity index (χ0n) is 12.5. The van der Waals surface area contributed by atoms with Gasteiger partial charge in [0, 0.05) is 25.9 Å². The lowest BCUT2D eigenvalue weighted by Gasteiger charge is -2.15. The van der Waals surface area contributed by atoms with Crippen LogP contribution in [0.25, 0.3) is 0 Å². The number of aromatic nitrogens is 1. The maximum Gasteiger partial charge on any atom is 0.416 e. The minimum Gasteiger partial charge on any atom is -0.319 e. The van der Waals surface area contributed by atoms with Gasteiger partial charge in [-0.1, -0.05) is 6.07 Å². The van der Waals surface area contributed by atoms with E-state index in [1.807, 2.05) is 14.1 Å². The highest BCUT2D eigenvalue weighted by atomic mass is 19.4. The third-order valence-electron chi connectivity index (χ3n) is 3.00. The Morgan fingerprint density at radius 1 is 1.26 bits per heavy atom. The number of hydrogen-bond donors (Lipinski definition) is 1. The van der Waals surface area contributed by atoms with Crippen LogP contribution in [-0.4, -0.2) is 30.9 Å². The Bertz CT molecular complexity index is 720. The first-order valence-corrected chi connectivity index (χ1v) is 6.64. The molecule has 1 aromatic heterocycles. The fourth-order valence-corrected chi connectivity index (χ4v) is 1.91. The van der Waals surface area contributed by atoms with Crippen molar-refractivity contribution in [1.29, 1.82) is 0 Å². The molecule has 2 rings (SSSR count). The lowest BCUT2D eigenvalue weighted by Crippen LogP contribution is -2.26. The van der Waals surface area contributed by atoms with Crippen molar-refractivity contribution in [2.24, 2.45) is 5.10 Å². The van der Waals surface area contributed by atoms with E-state index < -0.39 is 17.6 Å². The maximum absolute atomic E-state index is 12.6. The number of halogens is 3. The van der Waals surface area contributed by atoms with Gasteiger partial charge in [-0.25, -0.2) is 5.43 Å². The van der Waals surface area contributed by atoms with E-state index in [1.54, 1.807) is 28.0 Å². The van der Waals surface area contributed by atoms with Gasteiger partial charge in [0.2, 0.25) is 0 Å². The van der Waals surface area contributed by atoms with Crippen molar-refractivity contribution in [2.45, 2.75) is 6.18 Å². The van der Waals surface area contributed by atoms with Crippen LogP contribution in [0.2, 0.25) is 0 Å². The first-order valence-electron chi connectivity index (χ1n) is 6.64. The summed E-state index contributed by atoms with van der Waals surface area (Å²) in [6.07, 6.45) is -1.28. The molecule has 0 atom stereocenters. The average Bonchev–Trinajstić information content (AvgIpc) is 2.95. The smallest absolute Gasteiger partial charge is 0.319 e. The first-order chi connectivity index (χ1) is 10.8. The minimum absolute atomic E-state index is 0.111. The number of carbonyl (C=O) groups excluding carboxylic acids is 1. The number of hydrazone groups is 1. The van der Waals surface area contributed by atoms with Crippen molar-refractivity contribution in [3.63, 3.8) is 0 Å². The van der Waals surface area contributed by atoms with Crippen LogP contribution in [0.5, 0.6) is 0 Å². The largest absolute Gasteiger partial charge is 0.416 e. The van der Waals surface area contributed by atoms with Gasteiger partial charge in [-0.15, -0.1) is 0 Å². The molecular weight excluding hydrogens is 309 g/mol. The number of benzene rings is 1. The van der Waals surface area contributed by atoms with Gasteiger partial charge in [0.05, 0.1) is 17.5 Å². The number of carbonyl (C=O) groups is 1. The van der Waals surface area contributed by atoms with Crippen molar-refractivity contribution in [3.05, 3.63) is 59.4 Å². The highest BCUT2D eigenvalue weighted by Gasteiger charge is 2.30. The van der Waals surface area contributed by atoms with Crippen LogP contribution in [0, 0.1) is 0 Å². The Morgan fingerprint density at radius 2 is 2.00 bits per heavy atom. The van der Waals surface area contributed by atoms with Crippen molar-refractivity contribution < 1.29 is 18.0 Å². The SMILES string of the molecule is CN(C)n1cccc1/C=N/NC(=O)c1cccc(C(F)(F)F)c1. The molecule has 0 radical (unpaired) electrons. The van der Waals surface area contributed by atoms with Crippen LogP contribution in [0.4, 0.5) is 13.2 Å². The van der Waals surface area contributed by atoms with Crippen molar-refractivity contribution in [2.75, 3.05) is 19.1 Å². The number of hydrogen-bond acceptors (Lipinski definition) is 3. The van der Waals surface area contributed by atoms with Crippen LogP contribution < -0.4 is 10.4 Å². The molecule has 1 amide bonds. The number of amides is 1. The molecular formula is C15H15F3N4O. The molecule has 2 aromatic rings. The van der Waals surface area contributed by atoms with E-state index in [0.717, 1.165) is 12.1 Å². The van der Waals surface area contributed by atoms with E-state index in [2.05, 4.69) is 10.5 Å². The molecule has 0 unspecified atom stereocenters. The minimum atomic E-state index is -4.49. The van der Waals surface area contributed by atoms with Crippen molar-refractivity contribution in [1.82, 2.24) is 10.1 Å². The molecule has 0 spiro atoms. The molecule has 0 saturated heterocycles. The zero-order valence-corrected chi connectivity index (χ0v) is 12.5. The van der Waals surface area contributed by atoms with Crippen LogP contribution in [0.15, 0.2) is 47.7 Å². The Balaban J connectivity index is 2.08. The molecule has 1 heterocycles. The van der Waals surface area contributed by atoms with E-state index in [-0.39, 0.29) is 5.56 Å². The molecule has 0 aliphatic rings. The van der Waals surface area contributed by atoms with Gasteiger partial charge in [-0.3, -0.25) is 9.47 Å². The average molecular weight is 324 g/mol. The van der Waals surface area contributed by atoms with Crippen LogP contribution in [0.1, 0.15) is 21.6 Å². The molecule has 23 heavy (non-hydrogen) atoms. The van der Waals surface area contributed by atoms with Gasteiger partial charge >= 0.3 is 6.18 Å². The molecule has 0 aliphatic heterocycles. The molecule has 1 aromatic carbocycles. The Hall–Kier alpha value is -2.77. The number of alkyl halides is 3. The summed E-state index contributed by atoms with van der Waals surface area (Å²) in [6.45, 7) is 0. The third kappa shape index (κ3) is 4.12. The highest BCUT2D eigenvalue weighted by molar-refractivity contribution is 5.95. The molecule has 5 nitrogen and oxygen atoms in total. The molecule has 1 N–H and O–H groups in total. The number of nitrogens with one attached hydrogen (secondary N) is 1. The van der Waals surface area contributed by atoms with Crippen LogP contribution >= 0.6 is 0 Å². The summed E-state index contributed by atoms with van der Waals surface area (Å²) in [5.41, 5.74) is 1.93. The molecule has 0 saturated carbocycles. The quantitative estimate of drug-likeness (QED) is 0.694. The van der Waals surface area contributed by atoms with E-state index >= 15 is 0 Å². The summed E-state index contributed by atoms with van der Waals surface area (Å²) in [5, 5.41) is 5.57. The summed E-state index contributed by atoms with van der Waals surface area (Å²) in [6, 6.07) is 7.74. The molecule has 0 fully saturated rings. The van der Waals surface area contributed by atoms with E-state index in [0.29, 0.717) is 5.69 Å². The number of nitrogens with zero attached hydrogens (tertiary/aromatic N) is 3. The summed E-state index contributed by atoms with van der Waals surface area (Å²) in [5.74, 6) is -0.713. The predicted molar refractivity (Wildman–Crippen MR) is 81.0 cm³/mol. The van der Waals surface area contributed by atoms with Crippen LogP contribution in [-0.2, 0) is 6.18 Å². The van der Waals surface area contributed by atoms with Crippen LogP contribution in [0.3, 0.4) is 0 Å². The Morgan fingerprint density at radius 3 is 2.65 bits per heavy atom. The molecule has 0 aliphatic carbocycles. The maximum atomic E-state index is 12.6. The monoisotopic (exact) mass is 324 g/mol. The van der Waals surface area contributed by atoms with Gasteiger partial charge < -0.3 is 5.01 Å².